The fourth-order valence-corrected chi connectivity index (χ4v) is 0.806. The molecule has 1 rings (SSSR count). The highest BCUT2D eigenvalue weighted by Gasteiger charge is 1.90. The fraction of sp³-hybridized carbons (Fsp3) is 0.100. The highest BCUT2D eigenvalue weighted by Crippen LogP contribution is 2.00. The molecule has 1 aromatic rings. The number of hydrogen-bond acceptors (Lipinski definition) is 2. The Balaban J connectivity index is 2.64. The van der Waals surface area contributed by atoms with E-state index in [1.807, 2.05) is 30.3 Å². The van der Waals surface area contributed by atoms with E-state index in [0.717, 1.165) is 5.56 Å². The number of benzene rings is 1. The molecule has 0 bridgehead atoms. The Morgan fingerprint density at radius 2 is 2.00 bits per heavy atom. The van der Waals surface area contributed by atoms with E-state index in [2.05, 4.69) is 0 Å². The summed E-state index contributed by atoms with van der Waals surface area (Å²) < 4.78 is 0. The molecule has 12 heavy (non-hydrogen) atoms. The maximum atomic E-state index is 10.6. The Bertz CT molecular complexity index is 275. The summed E-state index contributed by atoms with van der Waals surface area (Å²) in [5.41, 5.74) is 0.958. The van der Waals surface area contributed by atoms with Gasteiger partial charge in [-0.1, -0.05) is 36.4 Å². The third kappa shape index (κ3) is 2.68. The molecule has 0 amide bonds. The Morgan fingerprint density at radius 3 is 2.58 bits per heavy atom. The molecule has 0 fully saturated rings. The van der Waals surface area contributed by atoms with Crippen LogP contribution >= 0.6 is 0 Å². The molecular formula is C10H10O2. The molecule has 62 valence electrons. The van der Waals surface area contributed by atoms with Crippen LogP contribution in [-0.4, -0.2) is 17.5 Å². The highest BCUT2D eigenvalue weighted by molar-refractivity contribution is 5.94. The highest BCUT2D eigenvalue weighted by atomic mass is 16.3. The Morgan fingerprint density at radius 1 is 1.33 bits per heavy atom. The second-order valence-electron chi connectivity index (χ2n) is 2.37. The van der Waals surface area contributed by atoms with Crippen molar-refractivity contribution in [2.24, 2.45) is 0 Å². The van der Waals surface area contributed by atoms with E-state index in [-0.39, 0.29) is 5.78 Å². The van der Waals surface area contributed by atoms with Gasteiger partial charge >= 0.3 is 0 Å². The zero-order valence-electron chi connectivity index (χ0n) is 6.60. The summed E-state index contributed by atoms with van der Waals surface area (Å²) in [6.45, 7) is -0.427. The van der Waals surface area contributed by atoms with Gasteiger partial charge in [0.1, 0.15) is 6.61 Å². The van der Waals surface area contributed by atoms with Crippen molar-refractivity contribution in [2.45, 2.75) is 0 Å². The van der Waals surface area contributed by atoms with Crippen LogP contribution in [0.2, 0.25) is 0 Å². The Labute approximate surface area is 71.2 Å². The maximum absolute atomic E-state index is 10.6. The summed E-state index contributed by atoms with van der Waals surface area (Å²) in [5, 5.41) is 8.41. The van der Waals surface area contributed by atoms with E-state index in [0.29, 0.717) is 0 Å². The lowest BCUT2D eigenvalue weighted by atomic mass is 10.2. The summed E-state index contributed by atoms with van der Waals surface area (Å²) in [4.78, 5) is 10.6. The first kappa shape index (κ1) is 8.68. The van der Waals surface area contributed by atoms with Gasteiger partial charge in [-0.15, -0.1) is 0 Å². The molecule has 0 saturated heterocycles. The smallest absolute Gasteiger partial charge is 0.181 e. The lowest BCUT2D eigenvalue weighted by Gasteiger charge is -1.89. The fourth-order valence-electron chi connectivity index (χ4n) is 0.806. The second-order valence-corrected chi connectivity index (χ2v) is 2.37. The third-order valence-corrected chi connectivity index (χ3v) is 1.42. The van der Waals surface area contributed by atoms with Crippen molar-refractivity contribution in [2.75, 3.05) is 6.61 Å². The van der Waals surface area contributed by atoms with Gasteiger partial charge < -0.3 is 5.11 Å². The summed E-state index contributed by atoms with van der Waals surface area (Å²) in [6.07, 6.45) is 3.05. The number of aliphatic hydroxyl groups excluding tert-OH is 1. The summed E-state index contributed by atoms with van der Waals surface area (Å²) in [5.74, 6) is -0.279. The van der Waals surface area contributed by atoms with E-state index in [1.165, 1.54) is 6.08 Å². The van der Waals surface area contributed by atoms with Crippen molar-refractivity contribution >= 4 is 11.9 Å². The van der Waals surface area contributed by atoms with Gasteiger partial charge in [-0.3, -0.25) is 4.79 Å². The molecular weight excluding hydrogens is 152 g/mol. The van der Waals surface area contributed by atoms with Gasteiger partial charge in [0.2, 0.25) is 0 Å². The summed E-state index contributed by atoms with van der Waals surface area (Å²) in [7, 11) is 0. The number of ketones is 1. The topological polar surface area (TPSA) is 37.3 Å². The molecule has 0 atom stereocenters. The first-order chi connectivity index (χ1) is 5.83. The monoisotopic (exact) mass is 162 g/mol. The van der Waals surface area contributed by atoms with Gasteiger partial charge in [0.25, 0.3) is 0 Å². The van der Waals surface area contributed by atoms with Gasteiger partial charge in [-0.2, -0.15) is 0 Å². The average molecular weight is 162 g/mol. The molecule has 0 radical (unpaired) electrons. The normalized spacial score (nSPS) is 10.4. The zero-order valence-corrected chi connectivity index (χ0v) is 6.60. The maximum Gasteiger partial charge on any atom is 0.181 e. The van der Waals surface area contributed by atoms with Crippen molar-refractivity contribution in [1.82, 2.24) is 0 Å². The van der Waals surface area contributed by atoms with Crippen LogP contribution in [0.1, 0.15) is 5.56 Å². The number of rotatable bonds is 3. The second kappa shape index (κ2) is 4.46. The molecule has 0 aliphatic carbocycles. The van der Waals surface area contributed by atoms with E-state index in [4.69, 9.17) is 5.11 Å². The number of carbonyl (C=O) groups excluding carboxylic acids is 1. The molecule has 0 heterocycles. The number of hydrogen-bond donors (Lipinski definition) is 1. The zero-order chi connectivity index (χ0) is 8.81. The van der Waals surface area contributed by atoms with Gasteiger partial charge in [0.15, 0.2) is 5.78 Å². The summed E-state index contributed by atoms with van der Waals surface area (Å²) in [6, 6.07) is 9.47. The van der Waals surface area contributed by atoms with Crippen molar-refractivity contribution in [3.8, 4) is 0 Å². The third-order valence-electron chi connectivity index (χ3n) is 1.42. The molecule has 0 spiro atoms. The van der Waals surface area contributed by atoms with Gasteiger partial charge in [-0.05, 0) is 11.6 Å². The SMILES string of the molecule is O=C(C=Cc1ccccc1)CO. The number of carbonyl (C=O) groups is 1. The van der Waals surface area contributed by atoms with Crippen molar-refractivity contribution in [3.05, 3.63) is 42.0 Å². The van der Waals surface area contributed by atoms with Crippen LogP contribution in [0.15, 0.2) is 36.4 Å². The standard InChI is InChI=1S/C10H10O2/c11-8-10(12)7-6-9-4-2-1-3-5-9/h1-7,11H,8H2. The predicted molar refractivity (Wildman–Crippen MR) is 47.6 cm³/mol. The lowest BCUT2D eigenvalue weighted by molar-refractivity contribution is -0.117. The molecule has 2 nitrogen and oxygen atoms in total. The van der Waals surface area contributed by atoms with Crippen molar-refractivity contribution in [3.63, 3.8) is 0 Å². The van der Waals surface area contributed by atoms with Crippen molar-refractivity contribution < 1.29 is 9.90 Å². The van der Waals surface area contributed by atoms with Crippen LogP contribution < -0.4 is 0 Å². The minimum Gasteiger partial charge on any atom is -0.388 e. The Hall–Kier alpha value is -1.41. The molecule has 0 unspecified atom stereocenters. The lowest BCUT2D eigenvalue weighted by Crippen LogP contribution is -1.97. The van der Waals surface area contributed by atoms with Crippen LogP contribution in [0, 0.1) is 0 Å². The number of aliphatic hydroxyl groups is 1. The van der Waals surface area contributed by atoms with Gasteiger partial charge in [-0.25, -0.2) is 0 Å². The average Bonchev–Trinajstić information content (AvgIpc) is 2.16. The molecule has 1 N–H and O–H groups in total. The van der Waals surface area contributed by atoms with Crippen molar-refractivity contribution in [1.29, 1.82) is 0 Å². The first-order valence-corrected chi connectivity index (χ1v) is 3.70. The molecule has 0 aromatic heterocycles. The van der Waals surface area contributed by atoms with E-state index in [9.17, 15) is 4.79 Å². The molecule has 1 aromatic carbocycles. The van der Waals surface area contributed by atoms with E-state index >= 15 is 0 Å². The minimum absolute atomic E-state index is 0.279. The van der Waals surface area contributed by atoms with Crippen LogP contribution in [0.4, 0.5) is 0 Å². The van der Waals surface area contributed by atoms with E-state index < -0.39 is 6.61 Å². The molecule has 0 aliphatic rings. The Kier molecular flexibility index (Phi) is 3.23. The molecule has 0 aliphatic heterocycles. The largest absolute Gasteiger partial charge is 0.388 e. The van der Waals surface area contributed by atoms with Crippen LogP contribution in [0.5, 0.6) is 0 Å². The van der Waals surface area contributed by atoms with Crippen LogP contribution in [0.3, 0.4) is 0 Å². The molecule has 2 heteroatoms. The van der Waals surface area contributed by atoms with Crippen LogP contribution in [0.25, 0.3) is 6.08 Å². The minimum atomic E-state index is -0.427. The predicted octanol–water partition coefficient (Wildman–Crippen LogP) is 1.26. The van der Waals surface area contributed by atoms with E-state index in [1.54, 1.807) is 6.08 Å². The van der Waals surface area contributed by atoms with Gasteiger partial charge in [0, 0.05) is 0 Å². The quantitative estimate of drug-likeness (QED) is 0.679. The first-order valence-electron chi connectivity index (χ1n) is 3.70. The van der Waals surface area contributed by atoms with Crippen LogP contribution in [-0.2, 0) is 4.79 Å². The van der Waals surface area contributed by atoms with Gasteiger partial charge in [0.05, 0.1) is 0 Å². The summed E-state index contributed by atoms with van der Waals surface area (Å²) >= 11 is 0. The molecule has 0 saturated carbocycles.